The van der Waals surface area contributed by atoms with E-state index in [0.717, 1.165) is 11.3 Å². The van der Waals surface area contributed by atoms with Crippen LogP contribution in [0.1, 0.15) is 26.2 Å². The van der Waals surface area contributed by atoms with Crippen molar-refractivity contribution in [1.82, 2.24) is 10.2 Å². The number of carbonyl (C=O) groups excluding carboxylic acids is 1. The molecule has 1 aliphatic rings. The molecule has 0 aromatic carbocycles. The van der Waals surface area contributed by atoms with Crippen molar-refractivity contribution in [3.8, 4) is 0 Å². The molecule has 0 heterocycles. The summed E-state index contributed by atoms with van der Waals surface area (Å²) in [6.07, 6.45) is -2.07. The molecule has 0 atom stereocenters. The van der Waals surface area contributed by atoms with E-state index < -0.39 is 18.6 Å². The Morgan fingerprint density at radius 3 is 2.50 bits per heavy atom. The minimum Gasteiger partial charge on any atom is -0.330 e. The first kappa shape index (κ1) is 13.3. The lowest BCUT2D eigenvalue weighted by Gasteiger charge is -2.23. The zero-order valence-corrected chi connectivity index (χ0v) is 9.31. The Hall–Kier alpha value is -0.780. The highest BCUT2D eigenvalue weighted by atomic mass is 19.4. The molecule has 0 saturated heterocycles. The summed E-state index contributed by atoms with van der Waals surface area (Å²) in [5, 5.41) is 2.83. The third-order valence-corrected chi connectivity index (χ3v) is 2.36. The molecule has 0 aromatic heterocycles. The van der Waals surface area contributed by atoms with Crippen LogP contribution in [0.2, 0.25) is 0 Å². The molecule has 1 aliphatic carbocycles. The van der Waals surface area contributed by atoms with E-state index in [1.54, 1.807) is 0 Å². The van der Waals surface area contributed by atoms with Gasteiger partial charge < -0.3 is 10.2 Å². The maximum Gasteiger partial charge on any atom is 0.406 e. The van der Waals surface area contributed by atoms with Gasteiger partial charge in [0.2, 0.25) is 5.91 Å². The second-order valence-corrected chi connectivity index (χ2v) is 4.04. The van der Waals surface area contributed by atoms with E-state index in [4.69, 9.17) is 0 Å². The van der Waals surface area contributed by atoms with Gasteiger partial charge in [0.15, 0.2) is 0 Å². The molecule has 1 amide bonds. The summed E-state index contributed by atoms with van der Waals surface area (Å²) >= 11 is 0. The van der Waals surface area contributed by atoms with E-state index in [1.807, 2.05) is 6.92 Å². The van der Waals surface area contributed by atoms with Gasteiger partial charge in [0, 0.05) is 6.04 Å². The van der Waals surface area contributed by atoms with Gasteiger partial charge in [0.25, 0.3) is 0 Å². The molecule has 3 nitrogen and oxygen atoms in total. The van der Waals surface area contributed by atoms with Crippen LogP contribution in [0.4, 0.5) is 13.2 Å². The summed E-state index contributed by atoms with van der Waals surface area (Å²) in [5.41, 5.74) is 0. The molecule has 16 heavy (non-hydrogen) atoms. The Morgan fingerprint density at radius 2 is 2.06 bits per heavy atom. The van der Waals surface area contributed by atoms with Crippen molar-refractivity contribution in [3.05, 3.63) is 0 Å². The van der Waals surface area contributed by atoms with Gasteiger partial charge in [-0.3, -0.25) is 4.79 Å². The fourth-order valence-corrected chi connectivity index (χ4v) is 1.47. The van der Waals surface area contributed by atoms with Crippen LogP contribution in [0, 0.1) is 0 Å². The maximum absolute atomic E-state index is 12.2. The van der Waals surface area contributed by atoms with Gasteiger partial charge >= 0.3 is 6.18 Å². The molecule has 0 bridgehead atoms. The van der Waals surface area contributed by atoms with Crippen LogP contribution in [0.15, 0.2) is 0 Å². The van der Waals surface area contributed by atoms with E-state index in [9.17, 15) is 18.0 Å². The lowest BCUT2D eigenvalue weighted by Crippen LogP contribution is -2.44. The summed E-state index contributed by atoms with van der Waals surface area (Å²) in [6, 6.07) is -0.197. The van der Waals surface area contributed by atoms with E-state index in [0.29, 0.717) is 19.4 Å². The van der Waals surface area contributed by atoms with Crippen LogP contribution < -0.4 is 5.32 Å². The highest BCUT2D eigenvalue weighted by Crippen LogP contribution is 2.29. The third-order valence-electron chi connectivity index (χ3n) is 2.36. The summed E-state index contributed by atoms with van der Waals surface area (Å²) in [5.74, 6) is -0.451. The number of hydrogen-bond donors (Lipinski definition) is 1. The minimum atomic E-state index is -4.30. The predicted molar refractivity (Wildman–Crippen MR) is 54.0 cm³/mol. The lowest BCUT2D eigenvalue weighted by atomic mass is 10.4. The normalized spacial score (nSPS) is 16.2. The van der Waals surface area contributed by atoms with E-state index in [2.05, 4.69) is 5.32 Å². The second-order valence-electron chi connectivity index (χ2n) is 4.04. The monoisotopic (exact) mass is 238 g/mol. The first-order valence-electron chi connectivity index (χ1n) is 5.51. The van der Waals surface area contributed by atoms with Crippen LogP contribution in [0.25, 0.3) is 0 Å². The number of halogens is 3. The molecular weight excluding hydrogens is 221 g/mol. The minimum absolute atomic E-state index is 0.000417. The molecule has 0 radical (unpaired) electrons. The zero-order chi connectivity index (χ0) is 12.2. The molecule has 1 N–H and O–H groups in total. The third kappa shape index (κ3) is 4.83. The number of carbonyl (C=O) groups is 1. The average Bonchev–Trinajstić information content (AvgIpc) is 2.96. The lowest BCUT2D eigenvalue weighted by molar-refractivity contribution is -0.161. The average molecular weight is 238 g/mol. The largest absolute Gasteiger partial charge is 0.406 e. The smallest absolute Gasteiger partial charge is 0.330 e. The Morgan fingerprint density at radius 1 is 1.44 bits per heavy atom. The Kier molecular flexibility index (Phi) is 4.58. The Labute approximate surface area is 93.0 Å². The first-order chi connectivity index (χ1) is 7.44. The molecule has 1 fully saturated rings. The summed E-state index contributed by atoms with van der Waals surface area (Å²) in [6.45, 7) is 1.47. The van der Waals surface area contributed by atoms with E-state index >= 15 is 0 Å². The van der Waals surface area contributed by atoms with Gasteiger partial charge in [-0.25, -0.2) is 0 Å². The molecule has 6 heteroatoms. The SMILES string of the molecule is CCCNCC(=O)N(CC(F)(F)F)C1CC1. The Balaban J connectivity index is 2.40. The predicted octanol–water partition coefficient (Wildman–Crippen LogP) is 1.54. The van der Waals surface area contributed by atoms with Crippen LogP contribution in [-0.2, 0) is 4.79 Å². The fourth-order valence-electron chi connectivity index (χ4n) is 1.47. The second kappa shape index (κ2) is 5.52. The molecule has 0 aromatic rings. The van der Waals surface area contributed by atoms with Gasteiger partial charge in [0.1, 0.15) is 6.54 Å². The fraction of sp³-hybridized carbons (Fsp3) is 0.900. The van der Waals surface area contributed by atoms with Crippen molar-refractivity contribution in [1.29, 1.82) is 0 Å². The molecule has 1 rings (SSSR count). The number of nitrogens with zero attached hydrogens (tertiary/aromatic N) is 1. The maximum atomic E-state index is 12.2. The molecule has 0 aliphatic heterocycles. The van der Waals surface area contributed by atoms with Gasteiger partial charge in [-0.05, 0) is 25.8 Å². The molecule has 94 valence electrons. The van der Waals surface area contributed by atoms with Crippen molar-refractivity contribution < 1.29 is 18.0 Å². The van der Waals surface area contributed by atoms with Crippen molar-refractivity contribution in [2.24, 2.45) is 0 Å². The molecule has 0 spiro atoms. The number of amides is 1. The highest BCUT2D eigenvalue weighted by molar-refractivity contribution is 5.79. The highest BCUT2D eigenvalue weighted by Gasteiger charge is 2.40. The quantitative estimate of drug-likeness (QED) is 0.712. The van der Waals surface area contributed by atoms with Gasteiger partial charge in [0.05, 0.1) is 6.54 Å². The van der Waals surface area contributed by atoms with Crippen LogP contribution in [-0.4, -0.2) is 42.7 Å². The molecular formula is C10H17F3N2O. The van der Waals surface area contributed by atoms with Gasteiger partial charge in [-0.1, -0.05) is 6.92 Å². The van der Waals surface area contributed by atoms with E-state index in [1.165, 1.54) is 0 Å². The number of alkyl halides is 3. The summed E-state index contributed by atoms with van der Waals surface area (Å²) in [4.78, 5) is 12.5. The number of rotatable bonds is 6. The van der Waals surface area contributed by atoms with Crippen molar-refractivity contribution >= 4 is 5.91 Å². The standard InChI is InChI=1S/C10H17F3N2O/c1-2-5-14-6-9(16)15(8-3-4-8)7-10(11,12)13/h8,14H,2-7H2,1H3. The van der Waals surface area contributed by atoms with Gasteiger partial charge in [-0.15, -0.1) is 0 Å². The summed E-state index contributed by atoms with van der Waals surface area (Å²) in [7, 11) is 0. The van der Waals surface area contributed by atoms with Crippen molar-refractivity contribution in [3.63, 3.8) is 0 Å². The first-order valence-corrected chi connectivity index (χ1v) is 5.51. The van der Waals surface area contributed by atoms with Gasteiger partial charge in [-0.2, -0.15) is 13.2 Å². The molecule has 1 saturated carbocycles. The van der Waals surface area contributed by atoms with Crippen LogP contribution in [0.5, 0.6) is 0 Å². The van der Waals surface area contributed by atoms with Crippen molar-refractivity contribution in [2.75, 3.05) is 19.6 Å². The topological polar surface area (TPSA) is 32.3 Å². The van der Waals surface area contributed by atoms with E-state index in [-0.39, 0.29) is 12.6 Å². The number of hydrogen-bond acceptors (Lipinski definition) is 2. The van der Waals surface area contributed by atoms with Crippen LogP contribution >= 0.6 is 0 Å². The summed E-state index contributed by atoms with van der Waals surface area (Å²) < 4.78 is 36.7. The zero-order valence-electron chi connectivity index (χ0n) is 9.31. The molecule has 0 unspecified atom stereocenters. The van der Waals surface area contributed by atoms with Crippen LogP contribution in [0.3, 0.4) is 0 Å². The van der Waals surface area contributed by atoms with Crippen molar-refractivity contribution in [2.45, 2.75) is 38.4 Å². The Bertz CT molecular complexity index is 239. The number of nitrogens with one attached hydrogen (secondary N) is 1.